The molecule has 1 heterocycles. The predicted octanol–water partition coefficient (Wildman–Crippen LogP) is 3.19. The Morgan fingerprint density at radius 2 is 2.14 bits per heavy atom. The van der Waals surface area contributed by atoms with Crippen molar-refractivity contribution >= 4 is 18.0 Å². The summed E-state index contributed by atoms with van der Waals surface area (Å²) in [4.78, 5) is 25.2. The van der Waals surface area contributed by atoms with Crippen LogP contribution in [-0.4, -0.2) is 34.0 Å². The highest BCUT2D eigenvalue weighted by atomic mass is 16.4. The summed E-state index contributed by atoms with van der Waals surface area (Å²) in [6, 6.07) is 7.70. The van der Waals surface area contributed by atoms with Crippen LogP contribution in [0.3, 0.4) is 0 Å². The number of carbonyl (C=O) groups excluding carboxylic acids is 1. The molecule has 4 nitrogen and oxygen atoms in total. The summed E-state index contributed by atoms with van der Waals surface area (Å²) in [6.07, 6.45) is 5.65. The zero-order chi connectivity index (χ0) is 15.4. The average Bonchev–Trinajstić information content (AvgIpc) is 2.85. The van der Waals surface area contributed by atoms with Gasteiger partial charge in [-0.2, -0.15) is 0 Å². The summed E-state index contributed by atoms with van der Waals surface area (Å²) < 4.78 is 0. The fourth-order valence-corrected chi connectivity index (χ4v) is 2.93. The molecule has 0 saturated carbocycles. The molecule has 2 rings (SSSR count). The Bertz CT molecular complexity index is 565. The molecule has 0 radical (unpaired) electrons. The molecule has 0 bridgehead atoms. The van der Waals surface area contributed by atoms with Gasteiger partial charge in [-0.3, -0.25) is 4.79 Å². The smallest absolute Gasteiger partial charge is 0.328 e. The lowest BCUT2D eigenvalue weighted by Gasteiger charge is -2.28. The second kappa shape index (κ2) is 6.57. The Hall–Kier alpha value is -2.10. The molecule has 1 saturated heterocycles. The first-order valence-corrected chi connectivity index (χ1v) is 7.36. The molecule has 1 amide bonds. The van der Waals surface area contributed by atoms with Gasteiger partial charge >= 0.3 is 5.97 Å². The Labute approximate surface area is 125 Å². The Kier molecular flexibility index (Phi) is 4.78. The van der Waals surface area contributed by atoms with Crippen LogP contribution < -0.4 is 0 Å². The molecule has 2 atom stereocenters. The summed E-state index contributed by atoms with van der Waals surface area (Å²) in [5.74, 6) is -0.955. The van der Waals surface area contributed by atoms with E-state index in [1.165, 1.54) is 6.08 Å². The van der Waals surface area contributed by atoms with Crippen molar-refractivity contribution in [2.75, 3.05) is 0 Å². The van der Waals surface area contributed by atoms with Crippen LogP contribution >= 0.6 is 0 Å². The van der Waals surface area contributed by atoms with Crippen molar-refractivity contribution in [3.8, 4) is 0 Å². The van der Waals surface area contributed by atoms with Crippen LogP contribution in [0.1, 0.15) is 49.0 Å². The third-order valence-corrected chi connectivity index (χ3v) is 4.04. The van der Waals surface area contributed by atoms with E-state index in [-0.39, 0.29) is 11.9 Å². The third-order valence-electron chi connectivity index (χ3n) is 4.04. The highest BCUT2D eigenvalue weighted by molar-refractivity contribution is 5.95. The fourth-order valence-electron chi connectivity index (χ4n) is 2.93. The molecule has 1 aliphatic rings. The van der Waals surface area contributed by atoms with Crippen molar-refractivity contribution in [3.05, 3.63) is 41.5 Å². The lowest BCUT2D eigenvalue weighted by molar-refractivity contribution is -0.131. The van der Waals surface area contributed by atoms with Crippen LogP contribution in [0, 0.1) is 0 Å². The van der Waals surface area contributed by atoms with Crippen LogP contribution in [0.25, 0.3) is 6.08 Å². The molecular formula is C17H21NO3. The number of carboxylic acid groups (broad SMARTS) is 1. The maximum Gasteiger partial charge on any atom is 0.328 e. The number of hydrogen-bond acceptors (Lipinski definition) is 2. The number of likely N-dealkylation sites (tertiary alicyclic amines) is 1. The standard InChI is InChI=1S/C17H21NO3/c1-3-15-9-7-12(2)18(15)17(21)14-6-4-5-13(11-14)8-10-16(19)20/h4-6,8,10-12,15H,3,7,9H2,1-2H3,(H,19,20)/b10-8+. The molecule has 1 N–H and O–H groups in total. The van der Waals surface area contributed by atoms with Gasteiger partial charge in [-0.25, -0.2) is 4.79 Å². The van der Waals surface area contributed by atoms with Crippen molar-refractivity contribution in [1.29, 1.82) is 0 Å². The quantitative estimate of drug-likeness (QED) is 0.865. The molecule has 112 valence electrons. The van der Waals surface area contributed by atoms with E-state index in [9.17, 15) is 9.59 Å². The van der Waals surface area contributed by atoms with E-state index in [4.69, 9.17) is 5.11 Å². The first kappa shape index (κ1) is 15.3. The fraction of sp³-hybridized carbons (Fsp3) is 0.412. The predicted molar refractivity (Wildman–Crippen MR) is 82.1 cm³/mol. The summed E-state index contributed by atoms with van der Waals surface area (Å²) in [7, 11) is 0. The number of carboxylic acids is 1. The van der Waals surface area contributed by atoms with Crippen LogP contribution in [-0.2, 0) is 4.79 Å². The van der Waals surface area contributed by atoms with Crippen LogP contribution in [0.15, 0.2) is 30.3 Å². The van der Waals surface area contributed by atoms with E-state index in [2.05, 4.69) is 13.8 Å². The number of nitrogens with zero attached hydrogens (tertiary/aromatic N) is 1. The molecule has 1 aliphatic heterocycles. The minimum absolute atomic E-state index is 0.0393. The number of amides is 1. The largest absolute Gasteiger partial charge is 0.478 e. The number of hydrogen-bond donors (Lipinski definition) is 1. The van der Waals surface area contributed by atoms with Crippen LogP contribution in [0.4, 0.5) is 0 Å². The Morgan fingerprint density at radius 3 is 2.81 bits per heavy atom. The van der Waals surface area contributed by atoms with Crippen LogP contribution in [0.2, 0.25) is 0 Å². The maximum absolute atomic E-state index is 12.7. The van der Waals surface area contributed by atoms with Gasteiger partial charge in [0.25, 0.3) is 5.91 Å². The summed E-state index contributed by atoms with van der Waals surface area (Å²) >= 11 is 0. The number of carbonyl (C=O) groups is 2. The van der Waals surface area contributed by atoms with Gasteiger partial charge in [0, 0.05) is 23.7 Å². The number of aliphatic carboxylic acids is 1. The second-order valence-electron chi connectivity index (χ2n) is 5.50. The molecule has 0 aromatic heterocycles. The topological polar surface area (TPSA) is 57.6 Å². The average molecular weight is 287 g/mol. The molecule has 1 aromatic carbocycles. The summed E-state index contributed by atoms with van der Waals surface area (Å²) in [5, 5.41) is 8.67. The van der Waals surface area contributed by atoms with Gasteiger partial charge in [-0.05, 0) is 50.0 Å². The molecule has 1 fully saturated rings. The van der Waals surface area contributed by atoms with Crippen molar-refractivity contribution in [3.63, 3.8) is 0 Å². The van der Waals surface area contributed by atoms with Gasteiger partial charge in [0.05, 0.1) is 0 Å². The van der Waals surface area contributed by atoms with Crippen molar-refractivity contribution in [1.82, 2.24) is 4.90 Å². The maximum atomic E-state index is 12.7. The Morgan fingerprint density at radius 1 is 1.38 bits per heavy atom. The number of benzene rings is 1. The minimum atomic E-state index is -0.994. The van der Waals surface area contributed by atoms with Gasteiger partial charge in [-0.1, -0.05) is 19.1 Å². The molecule has 21 heavy (non-hydrogen) atoms. The first-order chi connectivity index (χ1) is 10.0. The van der Waals surface area contributed by atoms with Crippen molar-refractivity contribution in [2.45, 2.75) is 45.2 Å². The highest BCUT2D eigenvalue weighted by Gasteiger charge is 2.33. The van der Waals surface area contributed by atoms with Gasteiger partial charge in [0.1, 0.15) is 0 Å². The Balaban J connectivity index is 2.23. The van der Waals surface area contributed by atoms with Gasteiger partial charge in [0.2, 0.25) is 0 Å². The molecule has 1 aromatic rings. The van der Waals surface area contributed by atoms with E-state index in [0.717, 1.165) is 30.9 Å². The molecule has 0 aliphatic carbocycles. The van der Waals surface area contributed by atoms with Crippen molar-refractivity contribution < 1.29 is 14.7 Å². The molecule has 2 unspecified atom stereocenters. The van der Waals surface area contributed by atoms with E-state index in [1.807, 2.05) is 4.90 Å². The zero-order valence-corrected chi connectivity index (χ0v) is 12.5. The van der Waals surface area contributed by atoms with Crippen molar-refractivity contribution in [2.24, 2.45) is 0 Å². The molecule has 0 spiro atoms. The monoisotopic (exact) mass is 287 g/mol. The van der Waals surface area contributed by atoms with Gasteiger partial charge < -0.3 is 10.0 Å². The first-order valence-electron chi connectivity index (χ1n) is 7.36. The number of rotatable bonds is 4. The lowest BCUT2D eigenvalue weighted by Crippen LogP contribution is -2.39. The van der Waals surface area contributed by atoms with Crippen LogP contribution in [0.5, 0.6) is 0 Å². The zero-order valence-electron chi connectivity index (χ0n) is 12.5. The summed E-state index contributed by atoms with van der Waals surface area (Å²) in [5.41, 5.74) is 1.35. The molecular weight excluding hydrogens is 266 g/mol. The second-order valence-corrected chi connectivity index (χ2v) is 5.50. The van der Waals surface area contributed by atoms with E-state index < -0.39 is 5.97 Å². The summed E-state index contributed by atoms with van der Waals surface area (Å²) in [6.45, 7) is 4.19. The van der Waals surface area contributed by atoms with Gasteiger partial charge in [0.15, 0.2) is 0 Å². The molecule has 4 heteroatoms. The van der Waals surface area contributed by atoms with E-state index >= 15 is 0 Å². The highest BCUT2D eigenvalue weighted by Crippen LogP contribution is 2.28. The normalized spacial score (nSPS) is 21.9. The van der Waals surface area contributed by atoms with E-state index in [1.54, 1.807) is 24.3 Å². The van der Waals surface area contributed by atoms with Gasteiger partial charge in [-0.15, -0.1) is 0 Å². The van der Waals surface area contributed by atoms with E-state index in [0.29, 0.717) is 11.6 Å². The minimum Gasteiger partial charge on any atom is -0.478 e. The SMILES string of the molecule is CCC1CCC(C)N1C(=O)c1cccc(/C=C/C(=O)O)c1. The lowest BCUT2D eigenvalue weighted by atomic mass is 10.1. The third kappa shape index (κ3) is 3.51.